The molecule has 0 spiro atoms. The molecule has 1 N–H and O–H groups in total. The zero-order valence-corrected chi connectivity index (χ0v) is 15.5. The summed E-state index contributed by atoms with van der Waals surface area (Å²) < 4.78 is 29.9. The summed E-state index contributed by atoms with van der Waals surface area (Å²) in [5.74, 6) is -0.937. The maximum absolute atomic E-state index is 15.4. The summed E-state index contributed by atoms with van der Waals surface area (Å²) in [4.78, 5) is 0. The van der Waals surface area contributed by atoms with Gasteiger partial charge in [0.05, 0.1) is 11.4 Å². The lowest BCUT2D eigenvalue weighted by Gasteiger charge is -2.20. The molecule has 0 saturated carbocycles. The molecule has 1 aromatic heterocycles. The first kappa shape index (κ1) is 18.0. The van der Waals surface area contributed by atoms with Gasteiger partial charge in [-0.1, -0.05) is 23.7 Å². The van der Waals surface area contributed by atoms with Crippen molar-refractivity contribution < 1.29 is 8.78 Å². The zero-order valence-electron chi connectivity index (χ0n) is 14.8. The Hall–Kier alpha value is -2.37. The van der Waals surface area contributed by atoms with E-state index in [4.69, 9.17) is 11.6 Å². The van der Waals surface area contributed by atoms with Crippen LogP contribution in [0.5, 0.6) is 0 Å². The summed E-state index contributed by atoms with van der Waals surface area (Å²) in [6.07, 6.45) is 0.675. The van der Waals surface area contributed by atoms with E-state index in [1.807, 2.05) is 13.0 Å². The van der Waals surface area contributed by atoms with Gasteiger partial charge in [-0.15, -0.1) is 0 Å². The Morgan fingerprint density at radius 1 is 1.04 bits per heavy atom. The molecule has 0 bridgehead atoms. The summed E-state index contributed by atoms with van der Waals surface area (Å²) in [5, 5.41) is 11.7. The van der Waals surface area contributed by atoms with Crippen molar-refractivity contribution in [2.24, 2.45) is 0 Å². The van der Waals surface area contributed by atoms with E-state index in [2.05, 4.69) is 15.5 Å². The van der Waals surface area contributed by atoms with E-state index in [0.29, 0.717) is 46.9 Å². The average molecular weight is 386 g/mol. The topological polar surface area (TPSA) is 37.8 Å². The first-order valence-corrected chi connectivity index (χ1v) is 9.20. The third-order valence-corrected chi connectivity index (χ3v) is 5.21. The molecule has 0 amide bonds. The second-order valence-electron chi connectivity index (χ2n) is 6.74. The fourth-order valence-corrected chi connectivity index (χ4v) is 3.76. The number of aromatic nitrogens is 2. The lowest BCUT2D eigenvalue weighted by atomic mass is 9.85. The van der Waals surface area contributed by atoms with Crippen molar-refractivity contribution in [3.63, 3.8) is 0 Å². The van der Waals surface area contributed by atoms with Crippen LogP contribution in [0, 0.1) is 18.6 Å². The van der Waals surface area contributed by atoms with Crippen LogP contribution in [-0.2, 0) is 6.54 Å². The molecule has 2 aromatic carbocycles. The third kappa shape index (κ3) is 3.45. The molecule has 1 atom stereocenters. The van der Waals surface area contributed by atoms with Crippen LogP contribution in [0.15, 0.2) is 42.5 Å². The highest BCUT2D eigenvalue weighted by Crippen LogP contribution is 2.37. The Morgan fingerprint density at radius 2 is 1.85 bits per heavy atom. The molecule has 138 valence electrons. The van der Waals surface area contributed by atoms with E-state index in [9.17, 15) is 4.39 Å². The summed E-state index contributed by atoms with van der Waals surface area (Å²) in [6, 6.07) is 11.8. The van der Waals surface area contributed by atoms with Gasteiger partial charge in [0.1, 0.15) is 11.6 Å². The van der Waals surface area contributed by atoms with Crippen molar-refractivity contribution in [3.05, 3.63) is 81.5 Å². The highest BCUT2D eigenvalue weighted by molar-refractivity contribution is 6.30. The molecule has 0 saturated heterocycles. The van der Waals surface area contributed by atoms with E-state index in [0.717, 1.165) is 11.3 Å². The maximum atomic E-state index is 15.4. The van der Waals surface area contributed by atoms with Gasteiger partial charge in [0.15, 0.2) is 0 Å². The van der Waals surface area contributed by atoms with Gasteiger partial charge in [0.25, 0.3) is 0 Å². The van der Waals surface area contributed by atoms with Crippen LogP contribution in [0.25, 0.3) is 11.3 Å². The minimum Gasteiger partial charge on any atom is -0.313 e. The average Bonchev–Trinajstić information content (AvgIpc) is 2.86. The summed E-state index contributed by atoms with van der Waals surface area (Å²) >= 11 is 5.89. The molecule has 0 radical (unpaired) electrons. The predicted octanol–water partition coefficient (Wildman–Crippen LogP) is 5.01. The zero-order chi connectivity index (χ0) is 19.0. The molecule has 1 unspecified atom stereocenters. The van der Waals surface area contributed by atoms with Gasteiger partial charge >= 0.3 is 0 Å². The van der Waals surface area contributed by atoms with Gasteiger partial charge in [0, 0.05) is 28.6 Å². The van der Waals surface area contributed by atoms with Crippen LogP contribution in [0.2, 0.25) is 5.02 Å². The Kier molecular flexibility index (Phi) is 4.89. The van der Waals surface area contributed by atoms with Crippen molar-refractivity contribution in [2.45, 2.75) is 25.8 Å². The lowest BCUT2D eigenvalue weighted by Crippen LogP contribution is -2.13. The van der Waals surface area contributed by atoms with Crippen LogP contribution in [-0.4, -0.2) is 16.7 Å². The number of fused-ring (bicyclic) bond motifs is 1. The van der Waals surface area contributed by atoms with Crippen LogP contribution < -0.4 is 5.32 Å². The van der Waals surface area contributed by atoms with E-state index < -0.39 is 0 Å². The number of nitrogens with one attached hydrogen (secondary N) is 1. The molecular formula is C21H18ClF2N3. The summed E-state index contributed by atoms with van der Waals surface area (Å²) in [7, 11) is 0. The van der Waals surface area contributed by atoms with E-state index in [1.165, 1.54) is 6.07 Å². The minimum atomic E-state index is -0.366. The first-order valence-electron chi connectivity index (χ1n) is 8.82. The molecule has 6 heteroatoms. The molecule has 1 aliphatic rings. The monoisotopic (exact) mass is 385 g/mol. The number of hydrogen-bond donors (Lipinski definition) is 1. The minimum absolute atomic E-state index is 0.236. The Morgan fingerprint density at radius 3 is 2.59 bits per heavy atom. The third-order valence-electron chi connectivity index (χ3n) is 4.98. The van der Waals surface area contributed by atoms with E-state index in [-0.39, 0.29) is 17.6 Å². The van der Waals surface area contributed by atoms with Gasteiger partial charge in [-0.3, -0.25) is 0 Å². The van der Waals surface area contributed by atoms with Gasteiger partial charge in [-0.25, -0.2) is 8.78 Å². The van der Waals surface area contributed by atoms with Crippen molar-refractivity contribution in [1.29, 1.82) is 0 Å². The fraction of sp³-hybridized carbons (Fsp3) is 0.238. The van der Waals surface area contributed by atoms with Gasteiger partial charge < -0.3 is 5.32 Å². The first-order chi connectivity index (χ1) is 13.0. The second kappa shape index (κ2) is 7.33. The largest absolute Gasteiger partial charge is 0.313 e. The summed E-state index contributed by atoms with van der Waals surface area (Å²) in [5.41, 5.74) is 3.54. The van der Waals surface area contributed by atoms with E-state index in [1.54, 1.807) is 30.3 Å². The standard InChI is InChI=1S/C21H18ClF2N3/c1-12-2-7-20(27-26-12)17-6-5-14-15(8-9-25-11-18(14)21(17)24)16-4-3-13(22)10-19(16)23/h2-7,10,15,25H,8-9,11H2,1H3. The SMILES string of the molecule is Cc1ccc(-c2ccc3c(c2F)CNCCC3c2ccc(Cl)cc2F)nn1. The number of hydrogen-bond acceptors (Lipinski definition) is 3. The van der Waals surface area contributed by atoms with Crippen molar-refractivity contribution in [3.8, 4) is 11.3 Å². The molecule has 4 rings (SSSR count). The Bertz CT molecular complexity index is 989. The number of benzene rings is 2. The predicted molar refractivity (Wildman–Crippen MR) is 102 cm³/mol. The number of rotatable bonds is 2. The van der Waals surface area contributed by atoms with Gasteiger partial charge in [-0.2, -0.15) is 10.2 Å². The molecular weight excluding hydrogens is 368 g/mol. The summed E-state index contributed by atoms with van der Waals surface area (Å²) in [6.45, 7) is 2.89. The number of nitrogens with zero attached hydrogens (tertiary/aromatic N) is 2. The smallest absolute Gasteiger partial charge is 0.137 e. The van der Waals surface area contributed by atoms with Crippen LogP contribution in [0.4, 0.5) is 8.78 Å². The highest BCUT2D eigenvalue weighted by atomic mass is 35.5. The van der Waals surface area contributed by atoms with Crippen LogP contribution in [0.3, 0.4) is 0 Å². The van der Waals surface area contributed by atoms with Gasteiger partial charge in [0.2, 0.25) is 0 Å². The Labute approximate surface area is 161 Å². The van der Waals surface area contributed by atoms with Crippen molar-refractivity contribution in [2.75, 3.05) is 6.54 Å². The van der Waals surface area contributed by atoms with Crippen LogP contribution in [0.1, 0.15) is 34.7 Å². The lowest BCUT2D eigenvalue weighted by molar-refractivity contribution is 0.579. The quantitative estimate of drug-likeness (QED) is 0.674. The molecule has 27 heavy (non-hydrogen) atoms. The normalized spacial score (nSPS) is 16.7. The van der Waals surface area contributed by atoms with E-state index >= 15 is 4.39 Å². The van der Waals surface area contributed by atoms with Gasteiger partial charge in [-0.05, 0) is 61.3 Å². The molecule has 0 aliphatic carbocycles. The number of aryl methyl sites for hydroxylation is 1. The van der Waals surface area contributed by atoms with Crippen molar-refractivity contribution >= 4 is 11.6 Å². The fourth-order valence-electron chi connectivity index (χ4n) is 3.61. The number of halogens is 3. The highest BCUT2D eigenvalue weighted by Gasteiger charge is 2.26. The second-order valence-corrected chi connectivity index (χ2v) is 7.18. The molecule has 2 heterocycles. The molecule has 1 aliphatic heterocycles. The molecule has 3 nitrogen and oxygen atoms in total. The van der Waals surface area contributed by atoms with Crippen molar-refractivity contribution in [1.82, 2.24) is 15.5 Å². The van der Waals surface area contributed by atoms with Crippen LogP contribution >= 0.6 is 11.6 Å². The maximum Gasteiger partial charge on any atom is 0.137 e. The molecule has 3 aromatic rings. The molecule has 0 fully saturated rings. The Balaban J connectivity index is 1.83.